The number of halogens is 1. The van der Waals surface area contributed by atoms with Gasteiger partial charge in [-0.25, -0.2) is 0 Å². The molecular weight excluding hydrogens is 288 g/mol. The predicted molar refractivity (Wildman–Crippen MR) is 85.4 cm³/mol. The molecule has 0 aliphatic heterocycles. The van der Waals surface area contributed by atoms with E-state index in [0.717, 1.165) is 24.9 Å². The van der Waals surface area contributed by atoms with Crippen LogP contribution in [0.2, 0.25) is 5.02 Å². The van der Waals surface area contributed by atoms with Gasteiger partial charge in [0.15, 0.2) is 0 Å². The van der Waals surface area contributed by atoms with E-state index in [4.69, 9.17) is 16.7 Å². The average Bonchev–Trinajstić information content (AvgIpc) is 3.28. The maximum Gasteiger partial charge on any atom is 0.242 e. The molecule has 0 bridgehead atoms. The minimum Gasteiger partial charge on any atom is -0.392 e. The number of nitrogens with zero attached hydrogens (tertiary/aromatic N) is 1. The molecule has 1 saturated carbocycles. The van der Waals surface area contributed by atoms with Crippen LogP contribution >= 0.6 is 11.6 Å². The van der Waals surface area contributed by atoms with E-state index in [0.29, 0.717) is 22.7 Å². The number of nitrogens with one attached hydrogen (secondary N) is 1. The number of aliphatic hydroxyl groups is 1. The fourth-order valence-corrected chi connectivity index (χ4v) is 2.50. The van der Waals surface area contributed by atoms with Gasteiger partial charge in [-0.1, -0.05) is 31.5 Å². The van der Waals surface area contributed by atoms with Gasteiger partial charge in [0.05, 0.1) is 23.9 Å². The normalized spacial score (nSPS) is 14.3. The first-order valence-electron chi connectivity index (χ1n) is 7.44. The molecule has 2 rings (SSSR count). The Morgan fingerprint density at radius 1 is 1.48 bits per heavy atom. The smallest absolute Gasteiger partial charge is 0.242 e. The Balaban J connectivity index is 1.96. The Morgan fingerprint density at radius 3 is 2.76 bits per heavy atom. The van der Waals surface area contributed by atoms with Gasteiger partial charge in [0.25, 0.3) is 0 Å². The second-order valence-electron chi connectivity index (χ2n) is 6.00. The fourth-order valence-electron chi connectivity index (χ4n) is 2.31. The lowest BCUT2D eigenvalue weighted by molar-refractivity contribution is -0.130. The zero-order valence-corrected chi connectivity index (χ0v) is 13.4. The second-order valence-corrected chi connectivity index (χ2v) is 6.40. The molecule has 1 amide bonds. The van der Waals surface area contributed by atoms with Crippen molar-refractivity contribution in [1.82, 2.24) is 4.90 Å². The molecule has 1 aliphatic carbocycles. The number of aliphatic hydroxyl groups excluding tert-OH is 1. The van der Waals surface area contributed by atoms with Crippen LogP contribution in [0.15, 0.2) is 18.2 Å². The molecular formula is C16H23ClN2O2. The van der Waals surface area contributed by atoms with E-state index in [1.54, 1.807) is 18.2 Å². The van der Waals surface area contributed by atoms with E-state index in [9.17, 15) is 4.79 Å². The molecule has 2 N–H and O–H groups in total. The van der Waals surface area contributed by atoms with Crippen LogP contribution in [0.5, 0.6) is 0 Å². The molecule has 0 aromatic heterocycles. The number of rotatable bonds is 7. The van der Waals surface area contributed by atoms with E-state index in [2.05, 4.69) is 19.2 Å². The lowest BCUT2D eigenvalue weighted by Crippen LogP contribution is -2.39. The number of benzene rings is 1. The first-order chi connectivity index (χ1) is 10.0. The predicted octanol–water partition coefficient (Wildman–Crippen LogP) is 2.89. The van der Waals surface area contributed by atoms with E-state index in [-0.39, 0.29) is 19.1 Å². The largest absolute Gasteiger partial charge is 0.392 e. The van der Waals surface area contributed by atoms with Crippen LogP contribution in [0.25, 0.3) is 0 Å². The summed E-state index contributed by atoms with van der Waals surface area (Å²) in [6.07, 6.45) is 2.22. The van der Waals surface area contributed by atoms with Gasteiger partial charge in [-0.2, -0.15) is 0 Å². The van der Waals surface area contributed by atoms with Gasteiger partial charge in [-0.3, -0.25) is 4.79 Å². The third-order valence-corrected chi connectivity index (χ3v) is 3.84. The molecule has 1 aromatic rings. The summed E-state index contributed by atoms with van der Waals surface area (Å²) in [6, 6.07) is 5.69. The summed E-state index contributed by atoms with van der Waals surface area (Å²) in [5, 5.41) is 12.8. The van der Waals surface area contributed by atoms with E-state index >= 15 is 0 Å². The molecule has 0 atom stereocenters. The van der Waals surface area contributed by atoms with Gasteiger partial charge in [0.1, 0.15) is 0 Å². The molecule has 1 aliphatic rings. The highest BCUT2D eigenvalue weighted by Gasteiger charge is 2.32. The number of carbonyl (C=O) groups is 1. The van der Waals surface area contributed by atoms with Crippen LogP contribution in [0, 0.1) is 5.92 Å². The summed E-state index contributed by atoms with van der Waals surface area (Å²) in [5.74, 6) is 0.576. The Kier molecular flexibility index (Phi) is 5.48. The maximum atomic E-state index is 12.4. The first-order valence-corrected chi connectivity index (χ1v) is 7.81. The number of hydrogen-bond donors (Lipinski definition) is 2. The molecule has 0 heterocycles. The fraction of sp³-hybridized carbons (Fsp3) is 0.562. The van der Waals surface area contributed by atoms with Crippen LogP contribution in [-0.2, 0) is 11.4 Å². The maximum absolute atomic E-state index is 12.4. The van der Waals surface area contributed by atoms with Crippen molar-refractivity contribution >= 4 is 23.2 Å². The highest BCUT2D eigenvalue weighted by atomic mass is 35.5. The topological polar surface area (TPSA) is 52.6 Å². The summed E-state index contributed by atoms with van der Waals surface area (Å²) < 4.78 is 0. The minimum atomic E-state index is -0.0403. The van der Waals surface area contributed by atoms with Crippen LogP contribution in [-0.4, -0.2) is 35.0 Å². The number of hydrogen-bond acceptors (Lipinski definition) is 3. The molecule has 116 valence electrons. The van der Waals surface area contributed by atoms with Crippen LogP contribution < -0.4 is 5.32 Å². The zero-order chi connectivity index (χ0) is 15.4. The van der Waals surface area contributed by atoms with Crippen LogP contribution in [0.4, 0.5) is 5.69 Å². The van der Waals surface area contributed by atoms with Crippen LogP contribution in [0.1, 0.15) is 32.3 Å². The van der Waals surface area contributed by atoms with Crippen molar-refractivity contribution in [3.8, 4) is 0 Å². The molecule has 1 aromatic carbocycles. The number of carbonyl (C=O) groups excluding carboxylic acids is 1. The Morgan fingerprint density at radius 2 is 2.19 bits per heavy atom. The SMILES string of the molecule is CC(C)CN(C(=O)CNc1cc(CO)ccc1Cl)C1CC1. The minimum absolute atomic E-state index is 0.0403. The quantitative estimate of drug-likeness (QED) is 0.814. The molecule has 0 saturated heterocycles. The summed E-state index contributed by atoms with van der Waals surface area (Å²) >= 11 is 6.11. The van der Waals surface area contributed by atoms with Crippen molar-refractivity contribution in [2.45, 2.75) is 39.3 Å². The Labute approximate surface area is 131 Å². The van der Waals surface area contributed by atoms with Crippen molar-refractivity contribution in [2.24, 2.45) is 5.92 Å². The summed E-state index contributed by atoms with van der Waals surface area (Å²) in [4.78, 5) is 14.3. The van der Waals surface area contributed by atoms with Gasteiger partial charge in [0, 0.05) is 12.6 Å². The molecule has 0 spiro atoms. The first kappa shape index (κ1) is 16.1. The van der Waals surface area contributed by atoms with Crippen molar-refractivity contribution < 1.29 is 9.90 Å². The van der Waals surface area contributed by atoms with E-state index in [1.165, 1.54) is 0 Å². The molecule has 4 nitrogen and oxygen atoms in total. The van der Waals surface area contributed by atoms with Crippen LogP contribution in [0.3, 0.4) is 0 Å². The second kappa shape index (κ2) is 7.14. The lowest BCUT2D eigenvalue weighted by Gasteiger charge is -2.25. The highest BCUT2D eigenvalue weighted by molar-refractivity contribution is 6.33. The molecule has 5 heteroatoms. The molecule has 21 heavy (non-hydrogen) atoms. The van der Waals surface area contributed by atoms with E-state index in [1.807, 2.05) is 4.90 Å². The van der Waals surface area contributed by atoms with Gasteiger partial charge in [0.2, 0.25) is 5.91 Å². The van der Waals surface area contributed by atoms with Gasteiger partial charge in [-0.05, 0) is 36.5 Å². The average molecular weight is 311 g/mol. The van der Waals surface area contributed by atoms with Gasteiger partial charge < -0.3 is 15.3 Å². The molecule has 0 unspecified atom stereocenters. The van der Waals surface area contributed by atoms with Crippen molar-refractivity contribution in [2.75, 3.05) is 18.4 Å². The van der Waals surface area contributed by atoms with Crippen molar-refractivity contribution in [3.63, 3.8) is 0 Å². The number of amides is 1. The third kappa shape index (κ3) is 4.61. The van der Waals surface area contributed by atoms with Gasteiger partial charge in [-0.15, -0.1) is 0 Å². The summed E-state index contributed by atoms with van der Waals surface area (Å²) in [5.41, 5.74) is 1.47. The highest BCUT2D eigenvalue weighted by Crippen LogP contribution is 2.28. The molecule has 1 fully saturated rings. The van der Waals surface area contributed by atoms with E-state index < -0.39 is 0 Å². The van der Waals surface area contributed by atoms with Gasteiger partial charge >= 0.3 is 0 Å². The van der Waals surface area contributed by atoms with Crippen molar-refractivity contribution in [3.05, 3.63) is 28.8 Å². The lowest BCUT2D eigenvalue weighted by atomic mass is 10.2. The summed E-state index contributed by atoms with van der Waals surface area (Å²) in [7, 11) is 0. The standard InChI is InChI=1S/C16H23ClN2O2/c1-11(2)9-19(13-4-5-13)16(21)8-18-15-7-12(10-20)3-6-14(15)17/h3,6-7,11,13,18,20H,4-5,8-10H2,1-2H3. The molecule has 0 radical (unpaired) electrons. The third-order valence-electron chi connectivity index (χ3n) is 3.51. The summed E-state index contributed by atoms with van der Waals surface area (Å²) in [6.45, 7) is 5.24. The zero-order valence-electron chi connectivity index (χ0n) is 12.6. The number of anilines is 1. The monoisotopic (exact) mass is 310 g/mol. The Hall–Kier alpha value is -1.26. The Bertz CT molecular complexity index is 501. The van der Waals surface area contributed by atoms with Crippen molar-refractivity contribution in [1.29, 1.82) is 0 Å².